The summed E-state index contributed by atoms with van der Waals surface area (Å²) in [4.78, 5) is 63.2. The standard InChI is InChI=1S/C27H35N7O.C25H33N7O.C23H26N8O.C23H27N7O2/c1-18-11-20(12-21-16-32(2)8-7-24(18)21)25-14-29-26(28)27(31-25)35-23-13-30-34(17-23)22-5-9-33(10-6-22)15-19-3-4-19;1-4-31-9-5-20(6-10-31)32-16-21(13-28-32)33-25-24(26)27-14-23(29-25)18-11-17(2)22-7-8-30(3)15-19(22)12-18;1-30-8-5-19-16(13-30)9-15(10-20(19)28-17-3-4-17)21-12-26-22(25)23(29-21)32-18-11-27-31(14-18)7-2-6-24;1-14-7-15(8-16-11-29(2)6-3-18(14)16)19-10-25-20(24)21(27-19)30-12-17(9-26-30)22(32)28-23(13-31)4-5-23/h11-14,17,19,22H,3-10,15-16H2,1-2H3,(H2,28,29);11-14,16,20H,4-10,15H2,1-3H3,(H2,26,27);9-12,14,17,28H,2-5,7-8,13H2,1H3,(H2,25,26);7-10,12,31H,3-6,11,13H2,1-2H3,(H2,24,25)(H,28,32). The maximum Gasteiger partial charge on any atom is 0.263 e. The number of aryl methyl sites for hydroxylation is 4. The molecule has 0 unspecified atom stereocenters. The molecule has 0 bridgehead atoms. The first-order valence-corrected chi connectivity index (χ1v) is 46.5. The summed E-state index contributed by atoms with van der Waals surface area (Å²) in [5, 5.41) is 42.4. The first-order valence-electron chi connectivity index (χ1n) is 46.5. The number of nitrogens with two attached hydrogens (primary N) is 4. The number of carbonyl (C=O) groups excluding carboxylic acids is 1. The maximum absolute atomic E-state index is 12.5. The van der Waals surface area contributed by atoms with E-state index in [-0.39, 0.29) is 41.7 Å². The number of hydrogen-bond acceptors (Lipinski definition) is 29. The van der Waals surface area contributed by atoms with E-state index in [1.165, 1.54) is 110 Å². The van der Waals surface area contributed by atoms with Crippen LogP contribution in [0.3, 0.4) is 0 Å². The molecule has 2 saturated heterocycles. The molecule has 12 aromatic rings. The molecule has 21 rings (SSSR count). The normalized spacial score (nSPS) is 17.6. The third-order valence-electron chi connectivity index (χ3n) is 27.0. The second kappa shape index (κ2) is 39.3. The molecule has 4 aromatic carbocycles. The van der Waals surface area contributed by atoms with E-state index in [0.29, 0.717) is 82.9 Å². The van der Waals surface area contributed by atoms with Crippen LogP contribution in [0.4, 0.5) is 29.0 Å². The Morgan fingerprint density at radius 2 is 0.917 bits per heavy atom. The number of fused-ring (bicyclic) bond motifs is 4. The Kier molecular flexibility index (Phi) is 26.7. The molecule has 0 radical (unpaired) electrons. The van der Waals surface area contributed by atoms with Crippen molar-refractivity contribution in [3.8, 4) is 91.8 Å². The molecule has 34 nitrogen and oxygen atoms in total. The molecule has 6 aliphatic heterocycles. The lowest BCUT2D eigenvalue weighted by atomic mass is 9.92. The number of nitriles is 1. The summed E-state index contributed by atoms with van der Waals surface area (Å²) in [6.45, 7) is 24.1. The van der Waals surface area contributed by atoms with Crippen LogP contribution in [0.25, 0.3) is 50.8 Å². The molecule has 8 aromatic heterocycles. The van der Waals surface area contributed by atoms with Gasteiger partial charge in [0, 0.05) is 125 Å². The first-order chi connectivity index (χ1) is 64.0. The molecule has 688 valence electrons. The van der Waals surface area contributed by atoms with Crippen molar-refractivity contribution < 1.29 is 24.1 Å². The fraction of sp³-hybridized carbons (Fsp3) is 0.449. The number of aliphatic hydroxyl groups is 1. The number of rotatable bonds is 23. The summed E-state index contributed by atoms with van der Waals surface area (Å²) >= 11 is 0. The zero-order valence-corrected chi connectivity index (χ0v) is 77.0. The van der Waals surface area contributed by atoms with Gasteiger partial charge in [0.05, 0.1) is 140 Å². The van der Waals surface area contributed by atoms with Gasteiger partial charge in [0.2, 0.25) is 0 Å². The van der Waals surface area contributed by atoms with Crippen molar-refractivity contribution in [2.45, 2.75) is 180 Å². The molecule has 132 heavy (non-hydrogen) atoms. The van der Waals surface area contributed by atoms with Crippen LogP contribution in [-0.4, -0.2) is 231 Å². The molecule has 0 atom stereocenters. The zero-order chi connectivity index (χ0) is 91.4. The third kappa shape index (κ3) is 21.3. The van der Waals surface area contributed by atoms with Gasteiger partial charge in [-0.3, -0.25) is 18.8 Å². The number of carbonyl (C=O) groups is 1. The van der Waals surface area contributed by atoms with Crippen LogP contribution in [0.15, 0.2) is 123 Å². The summed E-state index contributed by atoms with van der Waals surface area (Å²) in [6.07, 6.45) is 36.5. The molecule has 3 saturated carbocycles. The van der Waals surface area contributed by atoms with E-state index >= 15 is 0 Å². The van der Waals surface area contributed by atoms with Crippen LogP contribution in [0.5, 0.6) is 34.9 Å². The molecule has 3 aliphatic carbocycles. The minimum atomic E-state index is -0.490. The van der Waals surface area contributed by atoms with Crippen molar-refractivity contribution in [1.82, 2.24) is 114 Å². The number of ether oxygens (including phenoxy) is 3. The minimum Gasteiger partial charge on any atom is -0.433 e. The number of aromatic nitrogens is 16. The average molecular weight is 1790 g/mol. The van der Waals surface area contributed by atoms with Crippen molar-refractivity contribution in [2.75, 3.05) is 128 Å². The Morgan fingerprint density at radius 3 is 1.36 bits per heavy atom. The predicted octanol–water partition coefficient (Wildman–Crippen LogP) is 12.4. The van der Waals surface area contributed by atoms with Gasteiger partial charge in [-0.15, -0.1) is 0 Å². The SMILES string of the molecule is CCN1CCC(n2cc(Oc3nc(-c4cc(C)c5c(c4)CN(C)CC5)cnc3N)cn2)CC1.CN1CCc2c(cc(-c3cnc(N)c(Oc4cnn(CCC#N)c4)n3)cc2NC2CC2)C1.Cc1cc(-c2cnc(N)c(-n3cc(C(=O)NC4(CO)CC4)cn3)n2)cc2c1CCN(C)C2.Cc1cc(-c2cnc(N)c(Oc3cnn(C4CCN(CC5CC5)CC4)c3)n2)cc2c1CCN(C)C2. The van der Waals surface area contributed by atoms with E-state index in [0.717, 1.165) is 189 Å². The van der Waals surface area contributed by atoms with Crippen molar-refractivity contribution in [3.05, 3.63) is 190 Å². The molecule has 34 heteroatoms. The lowest BCUT2D eigenvalue weighted by molar-refractivity contribution is 0.0906. The molecule has 1 amide bonds. The van der Waals surface area contributed by atoms with Crippen LogP contribution in [0, 0.1) is 38.0 Å². The van der Waals surface area contributed by atoms with Gasteiger partial charge in [0.1, 0.15) is 0 Å². The predicted molar refractivity (Wildman–Crippen MR) is 507 cm³/mol. The number of likely N-dealkylation sites (tertiary alicyclic amines) is 2. The average Bonchev–Trinajstić information content (AvgIpc) is 1.68. The number of aliphatic hydroxyl groups excluding tert-OH is 1. The fourth-order valence-electron chi connectivity index (χ4n) is 18.7. The van der Waals surface area contributed by atoms with Crippen molar-refractivity contribution >= 4 is 34.9 Å². The highest BCUT2D eigenvalue weighted by atomic mass is 16.5. The smallest absolute Gasteiger partial charge is 0.263 e. The summed E-state index contributed by atoms with van der Waals surface area (Å²) in [5.41, 5.74) is 47.4. The molecular formula is C98H121N29O5. The quantitative estimate of drug-likeness (QED) is 0.0313. The number of benzene rings is 4. The lowest BCUT2D eigenvalue weighted by Crippen LogP contribution is -2.39. The maximum atomic E-state index is 12.5. The van der Waals surface area contributed by atoms with E-state index in [2.05, 4.69) is 196 Å². The molecular weight excluding hydrogens is 1660 g/mol. The van der Waals surface area contributed by atoms with Gasteiger partial charge in [0.15, 0.2) is 46.3 Å². The molecule has 11 N–H and O–H groups in total. The lowest BCUT2D eigenvalue weighted by Gasteiger charge is -2.31. The summed E-state index contributed by atoms with van der Waals surface area (Å²) in [6, 6.07) is 21.0. The van der Waals surface area contributed by atoms with Gasteiger partial charge in [0.25, 0.3) is 23.5 Å². The Morgan fingerprint density at radius 1 is 0.492 bits per heavy atom. The van der Waals surface area contributed by atoms with Gasteiger partial charge in [-0.05, 0) is 261 Å². The second-order valence-electron chi connectivity index (χ2n) is 37.3. The van der Waals surface area contributed by atoms with E-state index in [1.807, 2.05) is 21.8 Å². The van der Waals surface area contributed by atoms with E-state index in [4.69, 9.17) is 57.4 Å². The monoisotopic (exact) mass is 1780 g/mol. The molecule has 14 heterocycles. The van der Waals surface area contributed by atoms with Crippen molar-refractivity contribution in [2.24, 2.45) is 5.92 Å². The number of likely N-dealkylation sites (N-methyl/N-ethyl adjacent to an activating group) is 4. The minimum absolute atomic E-state index is 0.0661. The Balaban J connectivity index is 0.000000118. The van der Waals surface area contributed by atoms with Gasteiger partial charge >= 0.3 is 0 Å². The Bertz CT molecular complexity index is 6200. The molecule has 5 fully saturated rings. The number of nitrogen functional groups attached to an aromatic ring is 4. The number of piperidine rings is 2. The Hall–Kier alpha value is -12.9. The third-order valence-corrected chi connectivity index (χ3v) is 27.0. The number of nitrogens with zero attached hydrogens (tertiary/aromatic N) is 23. The van der Waals surface area contributed by atoms with Gasteiger partial charge in [-0.25, -0.2) is 44.6 Å². The van der Waals surface area contributed by atoms with Crippen LogP contribution in [-0.2, 0) is 58.4 Å². The fourth-order valence-corrected chi connectivity index (χ4v) is 18.7. The van der Waals surface area contributed by atoms with Crippen LogP contribution in [0.2, 0.25) is 0 Å². The Labute approximate surface area is 770 Å². The summed E-state index contributed by atoms with van der Waals surface area (Å²) < 4.78 is 25.2. The van der Waals surface area contributed by atoms with Crippen LogP contribution in [0.1, 0.15) is 161 Å². The highest BCUT2D eigenvalue weighted by molar-refractivity contribution is 5.94. The highest BCUT2D eigenvalue weighted by Crippen LogP contribution is 2.41. The molecule has 0 spiro atoms. The van der Waals surface area contributed by atoms with Gasteiger partial charge in [-0.1, -0.05) is 6.92 Å². The largest absolute Gasteiger partial charge is 0.433 e. The zero-order valence-electron chi connectivity index (χ0n) is 77.0. The van der Waals surface area contributed by atoms with E-state index < -0.39 is 5.54 Å². The first kappa shape index (κ1) is 89.7. The molecule has 9 aliphatic rings. The van der Waals surface area contributed by atoms with E-state index in [9.17, 15) is 9.90 Å². The van der Waals surface area contributed by atoms with Crippen LogP contribution >= 0.6 is 0 Å². The van der Waals surface area contributed by atoms with E-state index in [1.54, 1.807) is 60.5 Å². The van der Waals surface area contributed by atoms with Gasteiger partial charge in [-0.2, -0.15) is 25.7 Å². The number of anilines is 5. The summed E-state index contributed by atoms with van der Waals surface area (Å²) in [7, 11) is 8.60. The second-order valence-corrected chi connectivity index (χ2v) is 37.3. The summed E-state index contributed by atoms with van der Waals surface area (Å²) in [5.74, 6) is 4.72. The topological polar surface area (TPSA) is 411 Å². The number of nitrogens with one attached hydrogen (secondary N) is 2. The van der Waals surface area contributed by atoms with Crippen molar-refractivity contribution in [1.29, 1.82) is 5.26 Å². The number of amides is 1. The number of hydrogen-bond donors (Lipinski definition) is 7. The van der Waals surface area contributed by atoms with Crippen molar-refractivity contribution in [3.63, 3.8) is 0 Å². The van der Waals surface area contributed by atoms with Gasteiger partial charge < -0.3 is 82.3 Å². The highest BCUT2D eigenvalue weighted by Gasteiger charge is 2.44. The van der Waals surface area contributed by atoms with Crippen LogP contribution < -0.4 is 47.8 Å².